The zero-order chi connectivity index (χ0) is 24.4. The topological polar surface area (TPSA) is 80.9 Å². The molecule has 4 rings (SSSR count). The lowest BCUT2D eigenvalue weighted by atomic mass is 9.90. The highest BCUT2D eigenvalue weighted by atomic mass is 19.1. The molecule has 2 aliphatic rings. The normalized spacial score (nSPS) is 19.4. The lowest BCUT2D eigenvalue weighted by molar-refractivity contribution is -0.120. The maximum atomic E-state index is 16.0. The minimum atomic E-state index is -1.14. The van der Waals surface area contributed by atoms with Gasteiger partial charge in [0, 0.05) is 5.57 Å². The van der Waals surface area contributed by atoms with Crippen LogP contribution >= 0.6 is 0 Å². The molecule has 2 aliphatic carbocycles. The number of hydrogen-bond donors (Lipinski definition) is 2. The van der Waals surface area contributed by atoms with Crippen molar-refractivity contribution in [3.05, 3.63) is 99.9 Å². The third kappa shape index (κ3) is 4.41. The number of furan rings is 1. The van der Waals surface area contributed by atoms with E-state index < -0.39 is 23.7 Å². The number of fused-ring (bicyclic) bond motifs is 1. The molecule has 0 aliphatic heterocycles. The molecular weight excluding hydrogens is 444 g/mol. The number of allylic oxidation sites excluding steroid dienone is 5. The van der Waals surface area contributed by atoms with Gasteiger partial charge in [-0.1, -0.05) is 11.6 Å². The van der Waals surface area contributed by atoms with E-state index in [1.165, 1.54) is 50.8 Å². The van der Waals surface area contributed by atoms with Gasteiger partial charge in [-0.2, -0.15) is 0 Å². The van der Waals surface area contributed by atoms with Gasteiger partial charge < -0.3 is 24.3 Å². The van der Waals surface area contributed by atoms with Crippen LogP contribution in [0.15, 0.2) is 81.7 Å². The molecule has 0 saturated carbocycles. The summed E-state index contributed by atoms with van der Waals surface area (Å²) in [4.78, 5) is 12.6. The van der Waals surface area contributed by atoms with Crippen LogP contribution in [0.1, 0.15) is 36.1 Å². The second kappa shape index (κ2) is 9.69. The first kappa shape index (κ1) is 23.5. The van der Waals surface area contributed by atoms with Gasteiger partial charge in [0.15, 0.2) is 6.10 Å². The van der Waals surface area contributed by atoms with Crippen LogP contribution in [0.3, 0.4) is 0 Å². The van der Waals surface area contributed by atoms with Gasteiger partial charge >= 0.3 is 0 Å². The smallest absolute Gasteiger partial charge is 0.224 e. The number of hydrogen-bond acceptors (Lipinski definition) is 5. The first-order chi connectivity index (χ1) is 16.3. The maximum absolute atomic E-state index is 16.0. The highest BCUT2D eigenvalue weighted by Gasteiger charge is 2.35. The van der Waals surface area contributed by atoms with Crippen LogP contribution in [0.4, 0.5) is 8.78 Å². The van der Waals surface area contributed by atoms with E-state index in [4.69, 9.17) is 13.9 Å². The Kier molecular flexibility index (Phi) is 6.70. The molecule has 0 saturated heterocycles. The molecule has 0 bridgehead atoms. The summed E-state index contributed by atoms with van der Waals surface area (Å²) < 4.78 is 45.7. The lowest BCUT2D eigenvalue weighted by Crippen LogP contribution is -2.22. The van der Waals surface area contributed by atoms with Gasteiger partial charge in [-0.25, -0.2) is 8.78 Å². The summed E-state index contributed by atoms with van der Waals surface area (Å²) in [7, 11) is 2.75. The number of halogens is 2. The van der Waals surface area contributed by atoms with Crippen LogP contribution in [-0.2, 0) is 20.8 Å². The minimum absolute atomic E-state index is 0.0425. The Hall–Kier alpha value is -3.65. The number of methoxy groups -OCH3 is 2. The molecule has 0 spiro atoms. The number of aliphatic hydroxyl groups is 1. The standard InChI is InChI=1S/C26H25F2NO5/c1-14-19(12-23(30)29-13-17-5-4-8-34-17)20-11-16(27)6-7-18(20)24(14)25(28)15-9-21(32-2)26(31)22(10-15)33-3/h4-11,24,26,31H,12-13H2,1-3H3,(H,29,30). The molecule has 1 atom stereocenters. The monoisotopic (exact) mass is 469 g/mol. The van der Waals surface area contributed by atoms with E-state index in [-0.39, 0.29) is 36.0 Å². The van der Waals surface area contributed by atoms with Gasteiger partial charge in [-0.05, 0) is 60.0 Å². The molecule has 2 aromatic rings. The van der Waals surface area contributed by atoms with Gasteiger partial charge in [0.2, 0.25) is 5.91 Å². The van der Waals surface area contributed by atoms with E-state index in [1.54, 1.807) is 19.1 Å². The number of carbonyl (C=O) groups is 1. The van der Waals surface area contributed by atoms with Crippen molar-refractivity contribution >= 4 is 11.5 Å². The molecule has 1 amide bonds. The van der Waals surface area contributed by atoms with Crippen LogP contribution in [0.25, 0.3) is 5.57 Å². The minimum Gasteiger partial charge on any atom is -0.498 e. The number of carbonyl (C=O) groups excluding carboxylic acids is 1. The van der Waals surface area contributed by atoms with Gasteiger partial charge in [-0.15, -0.1) is 0 Å². The van der Waals surface area contributed by atoms with Crippen LogP contribution in [0.2, 0.25) is 0 Å². The van der Waals surface area contributed by atoms with Crippen LogP contribution in [0.5, 0.6) is 0 Å². The summed E-state index contributed by atoms with van der Waals surface area (Å²) in [5, 5.41) is 13.0. The molecule has 2 N–H and O–H groups in total. The van der Waals surface area contributed by atoms with E-state index in [9.17, 15) is 14.3 Å². The Morgan fingerprint density at radius 3 is 2.50 bits per heavy atom. The van der Waals surface area contributed by atoms with Gasteiger partial charge in [-0.3, -0.25) is 4.79 Å². The van der Waals surface area contributed by atoms with Crippen molar-refractivity contribution in [3.8, 4) is 0 Å². The fourth-order valence-electron chi connectivity index (χ4n) is 4.34. The van der Waals surface area contributed by atoms with E-state index in [0.717, 1.165) is 0 Å². The third-order valence-electron chi connectivity index (χ3n) is 6.07. The number of rotatable bonds is 7. The van der Waals surface area contributed by atoms with E-state index in [2.05, 4.69) is 5.32 Å². The molecule has 1 unspecified atom stereocenters. The molecule has 1 aromatic heterocycles. The second-order valence-corrected chi connectivity index (χ2v) is 8.07. The number of aliphatic hydroxyl groups excluding tert-OH is 1. The first-order valence-corrected chi connectivity index (χ1v) is 10.7. The van der Waals surface area contributed by atoms with Crippen molar-refractivity contribution in [1.29, 1.82) is 0 Å². The summed E-state index contributed by atoms with van der Waals surface area (Å²) in [6, 6.07) is 7.60. The Bertz CT molecular complexity index is 1200. The van der Waals surface area contributed by atoms with Crippen molar-refractivity contribution in [2.45, 2.75) is 31.9 Å². The first-order valence-electron chi connectivity index (χ1n) is 10.7. The highest BCUT2D eigenvalue weighted by Crippen LogP contribution is 2.48. The quantitative estimate of drug-likeness (QED) is 0.617. The number of benzene rings is 1. The predicted molar refractivity (Wildman–Crippen MR) is 121 cm³/mol. The molecule has 0 fully saturated rings. The summed E-state index contributed by atoms with van der Waals surface area (Å²) in [5.74, 6) is -1.23. The number of amides is 1. The van der Waals surface area contributed by atoms with Crippen molar-refractivity contribution in [2.24, 2.45) is 0 Å². The molecule has 1 heterocycles. The second-order valence-electron chi connectivity index (χ2n) is 8.07. The summed E-state index contributed by atoms with van der Waals surface area (Å²) in [5.41, 5.74) is 2.39. The van der Waals surface area contributed by atoms with Crippen molar-refractivity contribution in [1.82, 2.24) is 5.32 Å². The number of ether oxygens (including phenoxy) is 2. The SMILES string of the molecule is COC1=CC(=C(F)C2C(C)=C(CC(=O)NCc3ccco3)c3cc(F)ccc32)C=C(OC)C1O. The van der Waals surface area contributed by atoms with Crippen molar-refractivity contribution in [2.75, 3.05) is 14.2 Å². The summed E-state index contributed by atoms with van der Waals surface area (Å²) in [6.45, 7) is 1.95. The fourth-order valence-corrected chi connectivity index (χ4v) is 4.34. The summed E-state index contributed by atoms with van der Waals surface area (Å²) in [6.07, 6.45) is 3.16. The molecule has 0 radical (unpaired) electrons. The lowest BCUT2D eigenvalue weighted by Gasteiger charge is -2.22. The van der Waals surface area contributed by atoms with E-state index in [0.29, 0.717) is 28.0 Å². The third-order valence-corrected chi connectivity index (χ3v) is 6.07. The van der Waals surface area contributed by atoms with Gasteiger partial charge in [0.05, 0.1) is 39.4 Å². The average Bonchev–Trinajstić information content (AvgIpc) is 3.44. The fraction of sp³-hybridized carbons (Fsp3) is 0.269. The number of nitrogens with one attached hydrogen (secondary N) is 1. The molecular formula is C26H25F2NO5. The Morgan fingerprint density at radius 2 is 1.88 bits per heavy atom. The largest absolute Gasteiger partial charge is 0.498 e. The average molecular weight is 469 g/mol. The van der Waals surface area contributed by atoms with Crippen molar-refractivity contribution < 1.29 is 32.6 Å². The van der Waals surface area contributed by atoms with Gasteiger partial charge in [0.1, 0.15) is 28.9 Å². The molecule has 34 heavy (non-hydrogen) atoms. The Labute approximate surface area is 195 Å². The van der Waals surface area contributed by atoms with Crippen LogP contribution in [-0.4, -0.2) is 31.3 Å². The van der Waals surface area contributed by atoms with Crippen LogP contribution < -0.4 is 5.32 Å². The maximum Gasteiger partial charge on any atom is 0.224 e. The van der Waals surface area contributed by atoms with Crippen LogP contribution in [0, 0.1) is 5.82 Å². The zero-order valence-corrected chi connectivity index (χ0v) is 19.0. The zero-order valence-electron chi connectivity index (χ0n) is 19.0. The molecule has 1 aromatic carbocycles. The highest BCUT2D eigenvalue weighted by molar-refractivity contribution is 5.93. The molecule has 178 valence electrons. The Balaban J connectivity index is 1.71. The Morgan fingerprint density at radius 1 is 1.18 bits per heavy atom. The van der Waals surface area contributed by atoms with E-state index >= 15 is 4.39 Å². The van der Waals surface area contributed by atoms with Crippen molar-refractivity contribution in [3.63, 3.8) is 0 Å². The predicted octanol–water partition coefficient (Wildman–Crippen LogP) is 4.65. The molecule has 8 heteroatoms. The summed E-state index contributed by atoms with van der Waals surface area (Å²) >= 11 is 0. The van der Waals surface area contributed by atoms with Gasteiger partial charge in [0.25, 0.3) is 0 Å². The van der Waals surface area contributed by atoms with E-state index in [1.807, 2.05) is 0 Å². The molecule has 6 nitrogen and oxygen atoms in total.